The van der Waals surface area contributed by atoms with Crippen molar-refractivity contribution in [3.05, 3.63) is 65.7 Å². The summed E-state index contributed by atoms with van der Waals surface area (Å²) in [6.07, 6.45) is 1.61. The van der Waals surface area contributed by atoms with Crippen molar-refractivity contribution in [3.63, 3.8) is 0 Å². The zero-order valence-corrected chi connectivity index (χ0v) is 19.1. The minimum absolute atomic E-state index is 0.0916. The van der Waals surface area contributed by atoms with Crippen molar-refractivity contribution in [1.29, 1.82) is 0 Å². The van der Waals surface area contributed by atoms with Gasteiger partial charge in [0, 0.05) is 13.2 Å². The predicted octanol–water partition coefficient (Wildman–Crippen LogP) is 2.75. The number of benzene rings is 2. The molecule has 2 saturated heterocycles. The molecule has 178 valence electrons. The maximum Gasteiger partial charge on any atom is 0.338 e. The number of ether oxygens (including phenoxy) is 2. The molecule has 8 heteroatoms. The van der Waals surface area contributed by atoms with Gasteiger partial charge in [-0.05, 0) is 49.6 Å². The molecule has 0 spiro atoms. The van der Waals surface area contributed by atoms with E-state index in [0.717, 1.165) is 23.3 Å². The smallest absolute Gasteiger partial charge is 0.338 e. The highest BCUT2D eigenvalue weighted by Crippen LogP contribution is 2.28. The van der Waals surface area contributed by atoms with Gasteiger partial charge in [-0.15, -0.1) is 0 Å². The van der Waals surface area contributed by atoms with Crippen LogP contribution in [-0.2, 0) is 30.3 Å². The highest BCUT2D eigenvalue weighted by molar-refractivity contribution is 6.23. The van der Waals surface area contributed by atoms with E-state index in [-0.39, 0.29) is 43.9 Å². The number of rotatable bonds is 8. The fourth-order valence-electron chi connectivity index (χ4n) is 4.37. The molecule has 0 N–H and O–H groups in total. The SMILES string of the molecule is CCOC(=O)c1ccc(N2C(=O)CC(N(CC3CCCO3)C(=O)Cc3ccccc3)C2=O)cc1. The quantitative estimate of drug-likeness (QED) is 0.441. The first-order valence-electron chi connectivity index (χ1n) is 11.6. The fraction of sp³-hybridized carbons (Fsp3) is 0.385. The third-order valence-electron chi connectivity index (χ3n) is 6.08. The monoisotopic (exact) mass is 464 g/mol. The second-order valence-corrected chi connectivity index (χ2v) is 8.40. The first kappa shape index (κ1) is 23.6. The molecular formula is C26H28N2O6. The van der Waals surface area contributed by atoms with Crippen LogP contribution in [0.2, 0.25) is 0 Å². The van der Waals surface area contributed by atoms with Crippen LogP contribution >= 0.6 is 0 Å². The van der Waals surface area contributed by atoms with E-state index in [1.54, 1.807) is 19.1 Å². The van der Waals surface area contributed by atoms with Crippen molar-refractivity contribution in [2.75, 3.05) is 24.7 Å². The Balaban J connectivity index is 1.54. The number of carbonyl (C=O) groups excluding carboxylic acids is 4. The molecule has 2 atom stereocenters. The van der Waals surface area contributed by atoms with Gasteiger partial charge in [0.15, 0.2) is 0 Å². The second-order valence-electron chi connectivity index (χ2n) is 8.40. The summed E-state index contributed by atoms with van der Waals surface area (Å²) in [5.41, 5.74) is 1.53. The summed E-state index contributed by atoms with van der Waals surface area (Å²) in [5.74, 6) is -1.52. The van der Waals surface area contributed by atoms with E-state index in [1.165, 1.54) is 17.0 Å². The number of imide groups is 1. The van der Waals surface area contributed by atoms with Crippen molar-refractivity contribution < 1.29 is 28.7 Å². The van der Waals surface area contributed by atoms with Crippen molar-refractivity contribution in [2.24, 2.45) is 0 Å². The van der Waals surface area contributed by atoms with Gasteiger partial charge in [-0.3, -0.25) is 14.4 Å². The van der Waals surface area contributed by atoms with E-state index >= 15 is 0 Å². The number of anilines is 1. The summed E-state index contributed by atoms with van der Waals surface area (Å²) in [7, 11) is 0. The summed E-state index contributed by atoms with van der Waals surface area (Å²) < 4.78 is 10.7. The molecule has 34 heavy (non-hydrogen) atoms. The summed E-state index contributed by atoms with van der Waals surface area (Å²) in [5, 5.41) is 0. The molecule has 0 radical (unpaired) electrons. The topological polar surface area (TPSA) is 93.2 Å². The summed E-state index contributed by atoms with van der Waals surface area (Å²) >= 11 is 0. The average Bonchev–Trinajstić information content (AvgIpc) is 3.45. The Morgan fingerprint density at radius 2 is 1.82 bits per heavy atom. The van der Waals surface area contributed by atoms with Gasteiger partial charge in [-0.2, -0.15) is 0 Å². The Morgan fingerprint density at radius 1 is 1.09 bits per heavy atom. The maximum absolute atomic E-state index is 13.4. The third-order valence-corrected chi connectivity index (χ3v) is 6.08. The van der Waals surface area contributed by atoms with E-state index in [4.69, 9.17) is 9.47 Å². The van der Waals surface area contributed by atoms with Crippen molar-refractivity contribution >= 4 is 29.4 Å². The molecule has 8 nitrogen and oxygen atoms in total. The van der Waals surface area contributed by atoms with E-state index < -0.39 is 17.9 Å². The van der Waals surface area contributed by atoms with Gasteiger partial charge in [-0.25, -0.2) is 9.69 Å². The molecule has 0 aromatic heterocycles. The van der Waals surface area contributed by atoms with Crippen molar-refractivity contribution in [1.82, 2.24) is 4.90 Å². The molecule has 2 aliphatic heterocycles. The first-order chi connectivity index (χ1) is 16.5. The first-order valence-corrected chi connectivity index (χ1v) is 11.6. The van der Waals surface area contributed by atoms with E-state index in [0.29, 0.717) is 17.9 Å². The second kappa shape index (κ2) is 10.6. The van der Waals surface area contributed by atoms with Gasteiger partial charge in [0.25, 0.3) is 5.91 Å². The number of amides is 3. The zero-order chi connectivity index (χ0) is 24.1. The molecule has 0 saturated carbocycles. The lowest BCUT2D eigenvalue weighted by atomic mass is 10.1. The third kappa shape index (κ3) is 5.17. The van der Waals surface area contributed by atoms with Crippen LogP contribution in [0.3, 0.4) is 0 Å². The number of carbonyl (C=O) groups is 4. The zero-order valence-electron chi connectivity index (χ0n) is 19.1. The largest absolute Gasteiger partial charge is 0.462 e. The van der Waals surface area contributed by atoms with E-state index in [9.17, 15) is 19.2 Å². The molecule has 3 amide bonds. The molecule has 2 unspecified atom stereocenters. The van der Waals surface area contributed by atoms with E-state index in [1.807, 2.05) is 30.3 Å². The summed E-state index contributed by atoms with van der Waals surface area (Å²) in [4.78, 5) is 54.1. The van der Waals surface area contributed by atoms with Crippen LogP contribution in [0.5, 0.6) is 0 Å². The van der Waals surface area contributed by atoms with Crippen LogP contribution in [0.15, 0.2) is 54.6 Å². The molecule has 4 rings (SSSR count). The highest BCUT2D eigenvalue weighted by atomic mass is 16.5. The van der Waals surface area contributed by atoms with Crippen molar-refractivity contribution in [2.45, 2.75) is 44.8 Å². The lowest BCUT2D eigenvalue weighted by molar-refractivity contribution is -0.139. The Kier molecular flexibility index (Phi) is 7.37. The highest BCUT2D eigenvalue weighted by Gasteiger charge is 2.45. The number of esters is 1. The normalized spacial score (nSPS) is 20.0. The van der Waals surface area contributed by atoms with Gasteiger partial charge >= 0.3 is 5.97 Å². The fourth-order valence-corrected chi connectivity index (χ4v) is 4.37. The minimum atomic E-state index is -0.891. The van der Waals surface area contributed by atoms with Crippen LogP contribution in [0.1, 0.15) is 42.1 Å². The Labute approximate surface area is 198 Å². The van der Waals surface area contributed by atoms with Crippen LogP contribution < -0.4 is 4.90 Å². The summed E-state index contributed by atoms with van der Waals surface area (Å²) in [6.45, 7) is 2.87. The standard InChI is InChI=1S/C26H28N2O6/c1-2-33-26(32)19-10-12-20(13-11-19)28-24(30)16-22(25(28)31)27(17-21-9-6-14-34-21)23(29)15-18-7-4-3-5-8-18/h3-5,7-8,10-13,21-22H,2,6,9,14-17H2,1H3. The van der Waals surface area contributed by atoms with Crippen LogP contribution in [-0.4, -0.2) is 60.5 Å². The Bertz CT molecular complexity index is 1050. The van der Waals surface area contributed by atoms with Gasteiger partial charge in [0.05, 0.1) is 36.8 Å². The molecule has 0 bridgehead atoms. The molecule has 2 aromatic carbocycles. The minimum Gasteiger partial charge on any atom is -0.462 e. The van der Waals surface area contributed by atoms with Gasteiger partial charge in [0.2, 0.25) is 11.8 Å². The summed E-state index contributed by atoms with van der Waals surface area (Å²) in [6, 6.07) is 14.6. The maximum atomic E-state index is 13.4. The van der Waals surface area contributed by atoms with Crippen LogP contribution in [0.4, 0.5) is 5.69 Å². The molecule has 0 aliphatic carbocycles. The van der Waals surface area contributed by atoms with Crippen LogP contribution in [0.25, 0.3) is 0 Å². The molecule has 2 aliphatic rings. The molecule has 2 fully saturated rings. The van der Waals surface area contributed by atoms with Gasteiger partial charge in [-0.1, -0.05) is 30.3 Å². The lowest BCUT2D eigenvalue weighted by Crippen LogP contribution is -2.49. The number of nitrogens with zero attached hydrogens (tertiary/aromatic N) is 2. The predicted molar refractivity (Wildman–Crippen MR) is 124 cm³/mol. The van der Waals surface area contributed by atoms with Gasteiger partial charge in [0.1, 0.15) is 6.04 Å². The Morgan fingerprint density at radius 3 is 2.47 bits per heavy atom. The molecule has 2 aromatic rings. The molecular weight excluding hydrogens is 436 g/mol. The average molecular weight is 465 g/mol. The number of hydrogen-bond donors (Lipinski definition) is 0. The Hall–Kier alpha value is -3.52. The number of hydrogen-bond acceptors (Lipinski definition) is 6. The lowest BCUT2D eigenvalue weighted by Gasteiger charge is -2.30. The van der Waals surface area contributed by atoms with Gasteiger partial charge < -0.3 is 14.4 Å². The molecule has 2 heterocycles. The van der Waals surface area contributed by atoms with Crippen LogP contribution in [0, 0.1) is 0 Å². The van der Waals surface area contributed by atoms with Crippen molar-refractivity contribution in [3.8, 4) is 0 Å². The van der Waals surface area contributed by atoms with E-state index in [2.05, 4.69) is 0 Å².